The van der Waals surface area contributed by atoms with Crippen LogP contribution in [0.4, 0.5) is 5.82 Å². The molecule has 3 aromatic heterocycles. The lowest BCUT2D eigenvalue weighted by molar-refractivity contribution is 0.0694. The minimum Gasteiger partial charge on any atom is -0.478 e. The van der Waals surface area contributed by atoms with E-state index in [1.165, 1.54) is 0 Å². The molecule has 0 saturated heterocycles. The van der Waals surface area contributed by atoms with E-state index in [1.807, 2.05) is 12.1 Å². The maximum atomic E-state index is 11.2. The van der Waals surface area contributed by atoms with Crippen LogP contribution in [0.3, 0.4) is 0 Å². The van der Waals surface area contributed by atoms with E-state index in [0.29, 0.717) is 22.9 Å². The fourth-order valence-electron chi connectivity index (χ4n) is 2.69. The summed E-state index contributed by atoms with van der Waals surface area (Å²) in [7, 11) is 0. The van der Waals surface area contributed by atoms with E-state index in [2.05, 4.69) is 61.8 Å². The van der Waals surface area contributed by atoms with Gasteiger partial charge in [-0.2, -0.15) is 10.2 Å². The van der Waals surface area contributed by atoms with Gasteiger partial charge in [0.2, 0.25) is 0 Å². The van der Waals surface area contributed by atoms with Crippen molar-refractivity contribution in [1.82, 2.24) is 24.8 Å². The molecule has 152 valence electrons. The first-order chi connectivity index (χ1) is 12.7. The molecular weight excluding hydrogens is 356 g/mol. The van der Waals surface area contributed by atoms with E-state index < -0.39 is 5.97 Å². The van der Waals surface area contributed by atoms with Gasteiger partial charge in [0.15, 0.2) is 5.65 Å². The van der Waals surface area contributed by atoms with Crippen LogP contribution >= 0.6 is 0 Å². The van der Waals surface area contributed by atoms with Gasteiger partial charge in [0.25, 0.3) is 0 Å². The van der Waals surface area contributed by atoms with Crippen molar-refractivity contribution in [2.24, 2.45) is 0 Å². The van der Waals surface area contributed by atoms with Crippen molar-refractivity contribution in [3.63, 3.8) is 0 Å². The van der Waals surface area contributed by atoms with Crippen molar-refractivity contribution >= 4 is 17.4 Å². The van der Waals surface area contributed by atoms with Crippen LogP contribution in [0.2, 0.25) is 0 Å². The molecule has 0 aliphatic carbocycles. The van der Waals surface area contributed by atoms with E-state index >= 15 is 0 Å². The van der Waals surface area contributed by atoms with Crippen LogP contribution in [0.15, 0.2) is 12.1 Å². The first kappa shape index (κ1) is 21.4. The van der Waals surface area contributed by atoms with Crippen LogP contribution in [0.5, 0.6) is 0 Å². The molecule has 0 atom stereocenters. The number of aryl methyl sites for hydroxylation is 2. The number of hydrogen-bond donors (Lipinski definition) is 3. The van der Waals surface area contributed by atoms with Crippen LogP contribution in [0.1, 0.15) is 74.7 Å². The molecule has 0 spiro atoms. The molecule has 8 heteroatoms. The number of aromatic amines is 1. The Balaban J connectivity index is 0.000000237. The molecule has 3 aromatic rings. The maximum absolute atomic E-state index is 11.2. The average molecular weight is 387 g/mol. The number of nitrogen functional groups attached to an aromatic ring is 1. The van der Waals surface area contributed by atoms with Crippen molar-refractivity contribution in [3.8, 4) is 0 Å². The van der Waals surface area contributed by atoms with Crippen LogP contribution in [0, 0.1) is 13.8 Å². The lowest BCUT2D eigenvalue weighted by Crippen LogP contribution is -2.13. The molecule has 0 fully saturated rings. The van der Waals surface area contributed by atoms with E-state index in [4.69, 9.17) is 5.73 Å². The largest absolute Gasteiger partial charge is 0.478 e. The van der Waals surface area contributed by atoms with Crippen molar-refractivity contribution < 1.29 is 9.90 Å². The van der Waals surface area contributed by atoms with Gasteiger partial charge in [0.1, 0.15) is 11.4 Å². The SMILES string of the molecule is CC(C)(C)c1cc(N)n[nH]1.Cc1nc2cc(C(C)(C)C)nn2c(C)c1C(=O)O. The summed E-state index contributed by atoms with van der Waals surface area (Å²) in [6.45, 7) is 16.0. The summed E-state index contributed by atoms with van der Waals surface area (Å²) in [6, 6.07) is 3.77. The standard InChI is InChI=1S/C13H17N3O2.C7H13N3/c1-7-11(12(17)18)8(2)16-10(14-7)6-9(15-16)13(3,4)5;1-7(2,3)5-4-6(8)10-9-5/h6H,1-5H3,(H,17,18);4H,1-3H3,(H3,8,9,10). The molecule has 3 rings (SSSR count). The topological polar surface area (TPSA) is 122 Å². The van der Waals surface area contributed by atoms with Gasteiger partial charge in [-0.15, -0.1) is 0 Å². The minimum absolute atomic E-state index is 0.0859. The Morgan fingerprint density at radius 3 is 2.11 bits per heavy atom. The normalized spacial score (nSPS) is 12.0. The third kappa shape index (κ3) is 4.49. The Morgan fingerprint density at radius 2 is 1.71 bits per heavy atom. The van der Waals surface area contributed by atoms with Gasteiger partial charge >= 0.3 is 5.97 Å². The van der Waals surface area contributed by atoms with Gasteiger partial charge in [-0.3, -0.25) is 5.10 Å². The lowest BCUT2D eigenvalue weighted by Gasteiger charge is -2.14. The number of fused-ring (bicyclic) bond motifs is 1. The van der Waals surface area contributed by atoms with Gasteiger partial charge in [0.05, 0.1) is 17.1 Å². The molecule has 0 bridgehead atoms. The highest BCUT2D eigenvalue weighted by atomic mass is 16.4. The Labute approximate surface area is 165 Å². The van der Waals surface area contributed by atoms with Gasteiger partial charge in [-0.1, -0.05) is 41.5 Å². The number of aromatic carboxylic acids is 1. The quantitative estimate of drug-likeness (QED) is 0.587. The van der Waals surface area contributed by atoms with E-state index in [1.54, 1.807) is 18.4 Å². The number of hydrogen-bond acceptors (Lipinski definition) is 5. The molecule has 0 aliphatic rings. The molecule has 0 aromatic carbocycles. The molecule has 0 aliphatic heterocycles. The molecular formula is C20H30N6O2. The Hall–Kier alpha value is -2.90. The number of anilines is 1. The summed E-state index contributed by atoms with van der Waals surface area (Å²) in [6.07, 6.45) is 0. The number of H-pyrrole nitrogens is 1. The number of nitrogens with one attached hydrogen (secondary N) is 1. The molecule has 8 nitrogen and oxygen atoms in total. The second kappa shape index (κ2) is 7.26. The number of aromatic nitrogens is 5. The minimum atomic E-state index is -0.966. The lowest BCUT2D eigenvalue weighted by atomic mass is 9.92. The second-order valence-electron chi connectivity index (χ2n) is 8.97. The highest BCUT2D eigenvalue weighted by Crippen LogP contribution is 2.23. The summed E-state index contributed by atoms with van der Waals surface area (Å²) in [5.41, 5.74) is 9.49. The molecule has 4 N–H and O–H groups in total. The van der Waals surface area contributed by atoms with Crippen LogP contribution in [-0.4, -0.2) is 35.9 Å². The second-order valence-corrected chi connectivity index (χ2v) is 8.97. The van der Waals surface area contributed by atoms with Crippen LogP contribution < -0.4 is 5.73 Å². The van der Waals surface area contributed by atoms with Crippen molar-refractivity contribution in [1.29, 1.82) is 0 Å². The molecule has 0 unspecified atom stereocenters. The van der Waals surface area contributed by atoms with Crippen molar-refractivity contribution in [3.05, 3.63) is 40.5 Å². The van der Waals surface area contributed by atoms with Crippen LogP contribution in [-0.2, 0) is 10.8 Å². The number of carboxylic acid groups (broad SMARTS) is 1. The summed E-state index contributed by atoms with van der Waals surface area (Å²) in [4.78, 5) is 15.5. The maximum Gasteiger partial charge on any atom is 0.339 e. The summed E-state index contributed by atoms with van der Waals surface area (Å²) >= 11 is 0. The molecule has 0 saturated carbocycles. The van der Waals surface area contributed by atoms with E-state index in [9.17, 15) is 9.90 Å². The highest BCUT2D eigenvalue weighted by Gasteiger charge is 2.22. The van der Waals surface area contributed by atoms with Gasteiger partial charge in [-0.05, 0) is 13.8 Å². The zero-order chi connectivity index (χ0) is 21.4. The average Bonchev–Trinajstić information content (AvgIpc) is 3.13. The molecule has 3 heterocycles. The number of rotatable bonds is 1. The predicted molar refractivity (Wildman–Crippen MR) is 110 cm³/mol. The molecule has 0 amide bonds. The smallest absolute Gasteiger partial charge is 0.339 e. The number of carbonyl (C=O) groups is 1. The van der Waals surface area contributed by atoms with E-state index in [-0.39, 0.29) is 16.4 Å². The van der Waals surface area contributed by atoms with Gasteiger partial charge < -0.3 is 10.8 Å². The zero-order valence-electron chi connectivity index (χ0n) is 17.9. The number of carboxylic acids is 1. The monoisotopic (exact) mass is 386 g/mol. The first-order valence-electron chi connectivity index (χ1n) is 9.14. The van der Waals surface area contributed by atoms with E-state index in [0.717, 1.165) is 11.4 Å². The Bertz CT molecular complexity index is 1000. The zero-order valence-corrected chi connectivity index (χ0v) is 17.9. The molecule has 28 heavy (non-hydrogen) atoms. The first-order valence-corrected chi connectivity index (χ1v) is 9.14. The van der Waals surface area contributed by atoms with Crippen molar-refractivity contribution in [2.75, 3.05) is 5.73 Å². The summed E-state index contributed by atoms with van der Waals surface area (Å²) < 4.78 is 1.61. The van der Waals surface area contributed by atoms with Crippen LogP contribution in [0.25, 0.3) is 5.65 Å². The van der Waals surface area contributed by atoms with Gasteiger partial charge in [0, 0.05) is 28.7 Å². The summed E-state index contributed by atoms with van der Waals surface area (Å²) in [5.74, 6) is -0.405. The number of nitrogens with zero attached hydrogens (tertiary/aromatic N) is 4. The highest BCUT2D eigenvalue weighted by molar-refractivity contribution is 5.90. The number of nitrogens with two attached hydrogens (primary N) is 1. The third-order valence-corrected chi connectivity index (χ3v) is 4.40. The fourth-order valence-corrected chi connectivity index (χ4v) is 2.69. The summed E-state index contributed by atoms with van der Waals surface area (Å²) in [5, 5.41) is 20.4. The van der Waals surface area contributed by atoms with Crippen molar-refractivity contribution in [2.45, 2.75) is 66.2 Å². The third-order valence-electron chi connectivity index (χ3n) is 4.40. The predicted octanol–water partition coefficient (Wildman–Crippen LogP) is 3.63. The Morgan fingerprint density at radius 1 is 1.11 bits per heavy atom. The fraction of sp³-hybridized carbons (Fsp3) is 0.500. The molecule has 0 radical (unpaired) electrons. The Kier molecular flexibility index (Phi) is 5.55. The van der Waals surface area contributed by atoms with Gasteiger partial charge in [-0.25, -0.2) is 14.3 Å².